The molecule has 0 atom stereocenters. The summed E-state index contributed by atoms with van der Waals surface area (Å²) in [4.78, 5) is 14.2. The number of ether oxygens (including phenoxy) is 1. The molecule has 0 N–H and O–H groups in total. The van der Waals surface area contributed by atoms with E-state index >= 15 is 0 Å². The van der Waals surface area contributed by atoms with E-state index < -0.39 is 10.7 Å². The van der Waals surface area contributed by atoms with E-state index in [1.165, 1.54) is 12.1 Å². The Morgan fingerprint density at radius 1 is 1.35 bits per heavy atom. The summed E-state index contributed by atoms with van der Waals surface area (Å²) in [6.45, 7) is 4.63. The van der Waals surface area contributed by atoms with Gasteiger partial charge in [0.05, 0.1) is 23.3 Å². The lowest BCUT2D eigenvalue weighted by atomic mass is 10.2. The molecule has 1 heterocycles. The van der Waals surface area contributed by atoms with Gasteiger partial charge in [-0.1, -0.05) is 0 Å². The molecule has 0 unspecified atom stereocenters. The largest absolute Gasteiger partial charge is 0.383 e. The number of piperazine rings is 1. The summed E-state index contributed by atoms with van der Waals surface area (Å²) in [5, 5.41) is 10.6. The Hall–Kier alpha value is -1.73. The number of hydrogen-bond donors (Lipinski definition) is 0. The van der Waals surface area contributed by atoms with Crippen LogP contribution in [0.15, 0.2) is 18.2 Å². The zero-order chi connectivity index (χ0) is 14.5. The van der Waals surface area contributed by atoms with Crippen molar-refractivity contribution < 1.29 is 14.1 Å². The number of nitro benzene ring substituents is 1. The standard InChI is InChI=1S/C13H18FN3O3/c1-20-9-8-15-4-6-16(7-5-15)13-3-2-11(17(18)19)10-12(13)14/h2-3,10H,4-9H2,1H3. The Morgan fingerprint density at radius 2 is 2.05 bits per heavy atom. The van der Waals surface area contributed by atoms with Gasteiger partial charge in [-0.2, -0.15) is 0 Å². The molecular formula is C13H18FN3O3. The van der Waals surface area contributed by atoms with Gasteiger partial charge in [-0.15, -0.1) is 0 Å². The number of halogens is 1. The summed E-state index contributed by atoms with van der Waals surface area (Å²) in [5.74, 6) is -0.537. The van der Waals surface area contributed by atoms with E-state index in [4.69, 9.17) is 4.74 Å². The molecule has 0 aromatic heterocycles. The lowest BCUT2D eigenvalue weighted by Crippen LogP contribution is -2.47. The number of methoxy groups -OCH3 is 1. The van der Waals surface area contributed by atoms with Crippen molar-refractivity contribution in [1.82, 2.24) is 4.90 Å². The van der Waals surface area contributed by atoms with Crippen molar-refractivity contribution in [1.29, 1.82) is 0 Å². The second-order valence-corrected chi connectivity index (χ2v) is 4.71. The quantitative estimate of drug-likeness (QED) is 0.605. The van der Waals surface area contributed by atoms with Gasteiger partial charge in [0, 0.05) is 45.9 Å². The van der Waals surface area contributed by atoms with E-state index in [2.05, 4.69) is 4.90 Å². The van der Waals surface area contributed by atoms with Crippen LogP contribution in [0.1, 0.15) is 0 Å². The van der Waals surface area contributed by atoms with E-state index in [0.29, 0.717) is 25.4 Å². The number of rotatable bonds is 5. The number of nitrogens with zero attached hydrogens (tertiary/aromatic N) is 3. The zero-order valence-corrected chi connectivity index (χ0v) is 11.4. The maximum atomic E-state index is 13.9. The molecule has 7 heteroatoms. The molecule has 1 aliphatic heterocycles. The van der Waals surface area contributed by atoms with Crippen LogP contribution in [0, 0.1) is 15.9 Å². The molecule has 0 saturated carbocycles. The summed E-state index contributed by atoms with van der Waals surface area (Å²) < 4.78 is 18.9. The number of nitro groups is 1. The molecule has 1 aromatic rings. The predicted molar refractivity (Wildman–Crippen MR) is 73.6 cm³/mol. The third-order valence-corrected chi connectivity index (χ3v) is 3.47. The first-order valence-corrected chi connectivity index (χ1v) is 6.52. The van der Waals surface area contributed by atoms with Gasteiger partial charge in [0.25, 0.3) is 5.69 Å². The van der Waals surface area contributed by atoms with Crippen LogP contribution >= 0.6 is 0 Å². The summed E-state index contributed by atoms with van der Waals surface area (Å²) in [5.41, 5.74) is 0.215. The van der Waals surface area contributed by atoms with Crippen LogP contribution in [0.2, 0.25) is 0 Å². The van der Waals surface area contributed by atoms with Crippen LogP contribution in [0.4, 0.5) is 15.8 Å². The second kappa shape index (κ2) is 6.62. The average Bonchev–Trinajstić information content (AvgIpc) is 2.45. The van der Waals surface area contributed by atoms with Crippen molar-refractivity contribution in [3.05, 3.63) is 34.1 Å². The average molecular weight is 283 g/mol. The van der Waals surface area contributed by atoms with Crippen molar-refractivity contribution in [2.45, 2.75) is 0 Å². The summed E-state index contributed by atoms with van der Waals surface area (Å²) in [6.07, 6.45) is 0. The van der Waals surface area contributed by atoms with Crippen LogP contribution in [0.25, 0.3) is 0 Å². The van der Waals surface area contributed by atoms with E-state index in [1.54, 1.807) is 7.11 Å². The van der Waals surface area contributed by atoms with Crippen molar-refractivity contribution in [2.75, 3.05) is 51.3 Å². The minimum atomic E-state index is -0.588. The van der Waals surface area contributed by atoms with E-state index in [9.17, 15) is 14.5 Å². The number of hydrogen-bond acceptors (Lipinski definition) is 5. The summed E-state index contributed by atoms with van der Waals surface area (Å²) in [7, 11) is 1.67. The van der Waals surface area contributed by atoms with Crippen LogP contribution in [0.5, 0.6) is 0 Å². The molecule has 0 bridgehead atoms. The first-order chi connectivity index (χ1) is 9.61. The van der Waals surface area contributed by atoms with Gasteiger partial charge in [0.15, 0.2) is 5.82 Å². The monoisotopic (exact) mass is 283 g/mol. The van der Waals surface area contributed by atoms with Crippen molar-refractivity contribution in [3.63, 3.8) is 0 Å². The molecule has 110 valence electrons. The Kier molecular flexibility index (Phi) is 4.86. The Morgan fingerprint density at radius 3 is 2.60 bits per heavy atom. The molecule has 6 nitrogen and oxygen atoms in total. The SMILES string of the molecule is COCCN1CCN(c2ccc([N+](=O)[O-])cc2F)CC1. The van der Waals surface area contributed by atoms with Crippen molar-refractivity contribution in [2.24, 2.45) is 0 Å². The van der Waals surface area contributed by atoms with E-state index in [0.717, 1.165) is 25.7 Å². The van der Waals surface area contributed by atoms with Crippen LogP contribution in [-0.2, 0) is 4.74 Å². The van der Waals surface area contributed by atoms with Gasteiger partial charge in [-0.25, -0.2) is 4.39 Å². The topological polar surface area (TPSA) is 58.8 Å². The molecular weight excluding hydrogens is 265 g/mol. The highest BCUT2D eigenvalue weighted by Gasteiger charge is 2.20. The minimum absolute atomic E-state index is 0.218. The molecule has 0 aliphatic carbocycles. The number of benzene rings is 1. The molecule has 1 aliphatic rings. The van der Waals surface area contributed by atoms with Crippen molar-refractivity contribution >= 4 is 11.4 Å². The molecule has 0 amide bonds. The number of non-ortho nitro benzene ring substituents is 1. The molecule has 0 spiro atoms. The minimum Gasteiger partial charge on any atom is -0.383 e. The fourth-order valence-corrected chi connectivity index (χ4v) is 2.30. The summed E-state index contributed by atoms with van der Waals surface area (Å²) in [6, 6.07) is 3.81. The number of anilines is 1. The lowest BCUT2D eigenvalue weighted by Gasteiger charge is -2.36. The van der Waals surface area contributed by atoms with Gasteiger partial charge in [-0.3, -0.25) is 15.0 Å². The Bertz CT molecular complexity index is 476. The normalized spacial score (nSPS) is 16.4. The smallest absolute Gasteiger partial charge is 0.272 e. The molecule has 20 heavy (non-hydrogen) atoms. The summed E-state index contributed by atoms with van der Waals surface area (Å²) >= 11 is 0. The fourth-order valence-electron chi connectivity index (χ4n) is 2.30. The molecule has 1 saturated heterocycles. The van der Waals surface area contributed by atoms with Crippen LogP contribution < -0.4 is 4.90 Å². The first kappa shape index (κ1) is 14.7. The third-order valence-electron chi connectivity index (χ3n) is 3.47. The second-order valence-electron chi connectivity index (χ2n) is 4.71. The molecule has 0 radical (unpaired) electrons. The van der Waals surface area contributed by atoms with Crippen LogP contribution in [-0.4, -0.2) is 56.3 Å². The molecule has 2 rings (SSSR count). The fraction of sp³-hybridized carbons (Fsp3) is 0.538. The van der Waals surface area contributed by atoms with Gasteiger partial charge in [0.1, 0.15) is 0 Å². The van der Waals surface area contributed by atoms with Gasteiger partial charge in [0.2, 0.25) is 0 Å². The lowest BCUT2D eigenvalue weighted by molar-refractivity contribution is -0.385. The molecule has 1 aromatic carbocycles. The van der Waals surface area contributed by atoms with Gasteiger partial charge in [-0.05, 0) is 6.07 Å². The van der Waals surface area contributed by atoms with E-state index in [-0.39, 0.29) is 5.69 Å². The Balaban J connectivity index is 1.98. The van der Waals surface area contributed by atoms with Gasteiger partial charge >= 0.3 is 0 Å². The highest BCUT2D eigenvalue weighted by molar-refractivity contribution is 5.52. The Labute approximate surface area is 116 Å². The van der Waals surface area contributed by atoms with Gasteiger partial charge < -0.3 is 9.64 Å². The maximum Gasteiger partial charge on any atom is 0.272 e. The highest BCUT2D eigenvalue weighted by atomic mass is 19.1. The molecule has 1 fully saturated rings. The predicted octanol–water partition coefficient (Wildman–Crippen LogP) is 1.50. The van der Waals surface area contributed by atoms with E-state index in [1.807, 2.05) is 4.90 Å². The maximum absolute atomic E-state index is 13.9. The van der Waals surface area contributed by atoms with Crippen molar-refractivity contribution in [3.8, 4) is 0 Å². The zero-order valence-electron chi connectivity index (χ0n) is 11.4. The third kappa shape index (κ3) is 3.43. The van der Waals surface area contributed by atoms with Crippen LogP contribution in [0.3, 0.4) is 0 Å². The highest BCUT2D eigenvalue weighted by Crippen LogP contribution is 2.24. The first-order valence-electron chi connectivity index (χ1n) is 6.52.